The predicted molar refractivity (Wildman–Crippen MR) is 106 cm³/mol. The Morgan fingerprint density at radius 3 is 2.65 bits per heavy atom. The molecule has 3 rings (SSSR count). The Morgan fingerprint density at radius 1 is 1.15 bits per heavy atom. The summed E-state index contributed by atoms with van der Waals surface area (Å²) in [6.07, 6.45) is 0.866. The minimum atomic E-state index is -0.238. The topological polar surface area (TPSA) is 61.4 Å². The molecule has 1 atom stereocenters. The van der Waals surface area contributed by atoms with Gasteiger partial charge in [-0.25, -0.2) is 4.79 Å². The second-order valence-electron chi connectivity index (χ2n) is 6.24. The van der Waals surface area contributed by atoms with E-state index in [1.165, 1.54) is 0 Å². The SMILES string of the molecule is CC[C@H](C)NC(=O)Nc1ccc2c(c1)N(CC)C(=O)c1ccccc1S2. The lowest BCUT2D eigenvalue weighted by atomic mass is 10.1. The Labute approximate surface area is 158 Å². The van der Waals surface area contributed by atoms with E-state index in [-0.39, 0.29) is 18.0 Å². The van der Waals surface area contributed by atoms with Crippen molar-refractivity contribution in [3.8, 4) is 0 Å². The molecule has 0 bridgehead atoms. The second-order valence-corrected chi connectivity index (χ2v) is 7.32. The third-order valence-electron chi connectivity index (χ3n) is 4.40. The molecule has 0 spiro atoms. The first-order valence-corrected chi connectivity index (χ1v) is 9.65. The summed E-state index contributed by atoms with van der Waals surface area (Å²) in [6, 6.07) is 13.2. The summed E-state index contributed by atoms with van der Waals surface area (Å²) in [5.41, 5.74) is 2.20. The summed E-state index contributed by atoms with van der Waals surface area (Å²) >= 11 is 1.58. The van der Waals surface area contributed by atoms with E-state index in [4.69, 9.17) is 0 Å². The lowest BCUT2D eigenvalue weighted by Gasteiger charge is -2.22. The Morgan fingerprint density at radius 2 is 1.92 bits per heavy atom. The minimum absolute atomic E-state index is 0.0180. The van der Waals surface area contributed by atoms with Crippen LogP contribution in [0.25, 0.3) is 0 Å². The molecule has 2 aromatic carbocycles. The summed E-state index contributed by atoms with van der Waals surface area (Å²) in [7, 11) is 0. The standard InChI is InChI=1S/C20H23N3O2S/c1-4-13(3)21-20(25)22-14-10-11-18-16(12-14)23(5-2)19(24)15-8-6-7-9-17(15)26-18/h6-13H,4-5H2,1-3H3,(H2,21,22,25)/t13-/m0/s1. The summed E-state index contributed by atoms with van der Waals surface area (Å²) in [6.45, 7) is 6.49. The molecule has 0 unspecified atom stereocenters. The maximum atomic E-state index is 13.0. The molecule has 2 N–H and O–H groups in total. The van der Waals surface area contributed by atoms with Crippen molar-refractivity contribution in [2.45, 2.75) is 43.0 Å². The van der Waals surface area contributed by atoms with Crippen LogP contribution in [0.1, 0.15) is 37.6 Å². The molecule has 0 saturated heterocycles. The van der Waals surface area contributed by atoms with Crippen LogP contribution in [0.2, 0.25) is 0 Å². The van der Waals surface area contributed by atoms with Crippen molar-refractivity contribution in [3.63, 3.8) is 0 Å². The zero-order chi connectivity index (χ0) is 18.7. The van der Waals surface area contributed by atoms with Crippen molar-refractivity contribution in [2.75, 3.05) is 16.8 Å². The van der Waals surface area contributed by atoms with Crippen molar-refractivity contribution < 1.29 is 9.59 Å². The van der Waals surface area contributed by atoms with E-state index in [9.17, 15) is 9.59 Å². The van der Waals surface area contributed by atoms with Gasteiger partial charge < -0.3 is 15.5 Å². The van der Waals surface area contributed by atoms with E-state index in [1.54, 1.807) is 16.7 Å². The number of nitrogens with one attached hydrogen (secondary N) is 2. The highest BCUT2D eigenvalue weighted by Crippen LogP contribution is 2.42. The Kier molecular flexibility index (Phi) is 5.52. The van der Waals surface area contributed by atoms with Gasteiger partial charge in [-0.15, -0.1) is 0 Å². The van der Waals surface area contributed by atoms with Crippen LogP contribution >= 0.6 is 11.8 Å². The monoisotopic (exact) mass is 369 g/mol. The van der Waals surface area contributed by atoms with Crippen LogP contribution in [0.4, 0.5) is 16.2 Å². The second kappa shape index (κ2) is 7.83. The number of fused-ring (bicyclic) bond motifs is 2. The van der Waals surface area contributed by atoms with Gasteiger partial charge in [-0.1, -0.05) is 30.8 Å². The summed E-state index contributed by atoms with van der Waals surface area (Å²) in [4.78, 5) is 28.8. The van der Waals surface area contributed by atoms with Crippen LogP contribution in [0.5, 0.6) is 0 Å². The lowest BCUT2D eigenvalue weighted by molar-refractivity contribution is 0.0985. The van der Waals surface area contributed by atoms with Crippen LogP contribution in [0, 0.1) is 0 Å². The highest BCUT2D eigenvalue weighted by molar-refractivity contribution is 7.99. The Hall–Kier alpha value is -2.47. The van der Waals surface area contributed by atoms with E-state index in [1.807, 2.05) is 63.2 Å². The highest BCUT2D eigenvalue weighted by atomic mass is 32.2. The zero-order valence-electron chi connectivity index (χ0n) is 15.2. The van der Waals surface area contributed by atoms with Gasteiger partial charge in [0.1, 0.15) is 0 Å². The first-order valence-electron chi connectivity index (χ1n) is 8.83. The van der Waals surface area contributed by atoms with Gasteiger partial charge >= 0.3 is 6.03 Å². The molecule has 0 fully saturated rings. The third kappa shape index (κ3) is 3.70. The fraction of sp³-hybridized carbons (Fsp3) is 0.300. The van der Waals surface area contributed by atoms with Gasteiger partial charge in [-0.3, -0.25) is 4.79 Å². The molecule has 0 radical (unpaired) electrons. The van der Waals surface area contributed by atoms with Crippen molar-refractivity contribution in [3.05, 3.63) is 48.0 Å². The molecule has 0 aliphatic carbocycles. The van der Waals surface area contributed by atoms with Gasteiger partial charge in [0.25, 0.3) is 5.91 Å². The number of carbonyl (C=O) groups excluding carboxylic acids is 2. The molecule has 3 amide bonds. The molecule has 2 aromatic rings. The summed E-state index contributed by atoms with van der Waals surface area (Å²) in [5, 5.41) is 5.74. The number of urea groups is 1. The highest BCUT2D eigenvalue weighted by Gasteiger charge is 2.26. The number of nitrogens with zero attached hydrogens (tertiary/aromatic N) is 1. The van der Waals surface area contributed by atoms with Crippen LogP contribution in [-0.2, 0) is 0 Å². The van der Waals surface area contributed by atoms with Crippen LogP contribution in [-0.4, -0.2) is 24.5 Å². The summed E-state index contributed by atoms with van der Waals surface area (Å²) < 4.78 is 0. The number of hydrogen-bond donors (Lipinski definition) is 2. The van der Waals surface area contributed by atoms with Crippen molar-refractivity contribution in [2.24, 2.45) is 0 Å². The van der Waals surface area contributed by atoms with E-state index in [2.05, 4.69) is 10.6 Å². The van der Waals surface area contributed by atoms with Crippen molar-refractivity contribution in [1.29, 1.82) is 0 Å². The first kappa shape index (κ1) is 18.3. The van der Waals surface area contributed by atoms with Gasteiger partial charge in [0.15, 0.2) is 0 Å². The van der Waals surface area contributed by atoms with Crippen LogP contribution < -0.4 is 15.5 Å². The van der Waals surface area contributed by atoms with Gasteiger partial charge in [0.05, 0.1) is 11.3 Å². The van der Waals surface area contributed by atoms with Crippen molar-refractivity contribution in [1.82, 2.24) is 5.32 Å². The number of anilines is 2. The zero-order valence-corrected chi connectivity index (χ0v) is 16.0. The molecule has 6 heteroatoms. The number of carbonyl (C=O) groups is 2. The fourth-order valence-electron chi connectivity index (χ4n) is 2.80. The number of rotatable bonds is 4. The van der Waals surface area contributed by atoms with Gasteiger partial charge in [0, 0.05) is 28.1 Å². The number of benzene rings is 2. The Balaban J connectivity index is 1.92. The minimum Gasteiger partial charge on any atom is -0.335 e. The molecule has 0 saturated carbocycles. The van der Waals surface area contributed by atoms with Gasteiger partial charge in [-0.2, -0.15) is 0 Å². The molecule has 1 aliphatic heterocycles. The largest absolute Gasteiger partial charge is 0.335 e. The summed E-state index contributed by atoms with van der Waals surface area (Å²) in [5.74, 6) is -0.0180. The predicted octanol–water partition coefficient (Wildman–Crippen LogP) is 4.74. The van der Waals surface area contributed by atoms with Crippen LogP contribution in [0.3, 0.4) is 0 Å². The molecule has 26 heavy (non-hydrogen) atoms. The maximum absolute atomic E-state index is 13.0. The first-order chi connectivity index (χ1) is 12.5. The van der Waals surface area contributed by atoms with Crippen molar-refractivity contribution >= 4 is 35.1 Å². The average Bonchev–Trinajstić information content (AvgIpc) is 2.75. The van der Waals surface area contributed by atoms with E-state index in [0.717, 1.165) is 21.9 Å². The van der Waals surface area contributed by atoms with Crippen LogP contribution in [0.15, 0.2) is 52.3 Å². The van der Waals surface area contributed by atoms with E-state index >= 15 is 0 Å². The molecular weight excluding hydrogens is 346 g/mol. The van der Waals surface area contributed by atoms with E-state index < -0.39 is 0 Å². The molecule has 1 aliphatic rings. The molecule has 5 nitrogen and oxygen atoms in total. The van der Waals surface area contributed by atoms with E-state index in [0.29, 0.717) is 17.8 Å². The fourth-order valence-corrected chi connectivity index (χ4v) is 3.86. The quantitative estimate of drug-likeness (QED) is 0.818. The van der Waals surface area contributed by atoms with Gasteiger partial charge in [0.2, 0.25) is 0 Å². The average molecular weight is 369 g/mol. The molecule has 1 heterocycles. The molecule has 0 aromatic heterocycles. The smallest absolute Gasteiger partial charge is 0.319 e. The normalized spacial score (nSPS) is 14.1. The number of hydrogen-bond acceptors (Lipinski definition) is 3. The number of amides is 3. The molecular formula is C20H23N3O2S. The van der Waals surface area contributed by atoms with Gasteiger partial charge in [-0.05, 0) is 50.6 Å². The third-order valence-corrected chi connectivity index (χ3v) is 5.54. The molecule has 136 valence electrons. The maximum Gasteiger partial charge on any atom is 0.319 e. The lowest BCUT2D eigenvalue weighted by Crippen LogP contribution is -2.35. The Bertz CT molecular complexity index is 838.